The molecule has 1 aromatic carbocycles. The molecule has 23 heavy (non-hydrogen) atoms. The summed E-state index contributed by atoms with van der Waals surface area (Å²) in [7, 11) is 2.13. The van der Waals surface area contributed by atoms with Crippen molar-refractivity contribution in [3.8, 4) is 11.3 Å². The van der Waals surface area contributed by atoms with Crippen molar-refractivity contribution in [1.29, 1.82) is 0 Å². The van der Waals surface area contributed by atoms with E-state index in [4.69, 9.17) is 0 Å². The normalized spacial score (nSPS) is 15.3. The zero-order chi connectivity index (χ0) is 15.8. The van der Waals surface area contributed by atoms with Gasteiger partial charge in [-0.05, 0) is 31.7 Å². The van der Waals surface area contributed by atoms with Crippen molar-refractivity contribution in [1.82, 2.24) is 14.5 Å². The molecule has 0 radical (unpaired) electrons. The monoisotopic (exact) mass is 306 g/mol. The van der Waals surface area contributed by atoms with Crippen LogP contribution in [0.5, 0.6) is 0 Å². The summed E-state index contributed by atoms with van der Waals surface area (Å²) >= 11 is 0. The molecule has 4 rings (SSSR count). The lowest BCUT2D eigenvalue weighted by atomic mass is 10.1. The molecular weight excluding hydrogens is 284 g/mol. The van der Waals surface area contributed by atoms with E-state index in [1.54, 1.807) is 6.33 Å². The van der Waals surface area contributed by atoms with Crippen LogP contribution in [0.3, 0.4) is 0 Å². The van der Waals surface area contributed by atoms with E-state index in [0.717, 1.165) is 29.9 Å². The summed E-state index contributed by atoms with van der Waals surface area (Å²) in [4.78, 5) is 11.6. The number of aryl methyl sites for hydroxylation is 2. The lowest BCUT2D eigenvalue weighted by Crippen LogP contribution is -2.30. The third-order valence-corrected chi connectivity index (χ3v) is 4.89. The Morgan fingerprint density at radius 2 is 1.70 bits per heavy atom. The van der Waals surface area contributed by atoms with Gasteiger partial charge in [0.1, 0.15) is 11.8 Å². The molecule has 2 aromatic heterocycles. The molecule has 1 aliphatic heterocycles. The quantitative estimate of drug-likeness (QED) is 0.719. The highest BCUT2D eigenvalue weighted by atomic mass is 15.2. The highest BCUT2D eigenvalue weighted by molar-refractivity contribution is 5.95. The highest BCUT2D eigenvalue weighted by Gasteiger charge is 2.21. The Bertz CT molecular complexity index is 829. The van der Waals surface area contributed by atoms with Crippen LogP contribution < -0.4 is 4.90 Å². The van der Waals surface area contributed by atoms with Gasteiger partial charge in [-0.3, -0.25) is 0 Å². The summed E-state index contributed by atoms with van der Waals surface area (Å²) in [6.45, 7) is 4.35. The fraction of sp³-hybridized carbons (Fsp3) is 0.368. The van der Waals surface area contributed by atoms with Crippen molar-refractivity contribution in [2.24, 2.45) is 7.05 Å². The predicted octanol–water partition coefficient (Wildman–Crippen LogP) is 3.93. The van der Waals surface area contributed by atoms with E-state index in [2.05, 4.69) is 63.7 Å². The molecule has 3 heterocycles. The Kier molecular flexibility index (Phi) is 3.52. The standard InChI is InChI=1S/C19H22N4/c1-14-16-18(22(2)17(14)15-9-5-3-6-10-15)19(21-13-20-16)23-11-7-4-8-12-23/h3,5-6,9-10,13H,4,7-8,11-12H2,1-2H3. The molecular formula is C19H22N4. The summed E-state index contributed by atoms with van der Waals surface area (Å²) in [5.41, 5.74) is 5.93. The molecule has 1 fully saturated rings. The second-order valence-corrected chi connectivity index (χ2v) is 6.34. The lowest BCUT2D eigenvalue weighted by Gasteiger charge is -2.28. The van der Waals surface area contributed by atoms with Gasteiger partial charge in [0.15, 0.2) is 5.82 Å². The molecule has 118 valence electrons. The number of piperidine rings is 1. The Hall–Kier alpha value is -2.36. The summed E-state index contributed by atoms with van der Waals surface area (Å²) in [5, 5.41) is 0. The van der Waals surface area contributed by atoms with Crippen LogP contribution in [-0.2, 0) is 7.05 Å². The Balaban J connectivity index is 1.94. The van der Waals surface area contributed by atoms with Crippen LogP contribution in [0.25, 0.3) is 22.3 Å². The molecule has 4 heteroatoms. The number of nitrogens with zero attached hydrogens (tertiary/aromatic N) is 4. The van der Waals surface area contributed by atoms with E-state index in [1.165, 1.54) is 36.1 Å². The fourth-order valence-corrected chi connectivity index (χ4v) is 3.77. The smallest absolute Gasteiger partial charge is 0.156 e. The summed E-state index contributed by atoms with van der Waals surface area (Å²) in [5.74, 6) is 1.09. The third-order valence-electron chi connectivity index (χ3n) is 4.89. The molecule has 0 saturated carbocycles. The van der Waals surface area contributed by atoms with Gasteiger partial charge in [0.2, 0.25) is 0 Å². The minimum absolute atomic E-state index is 1.07. The Morgan fingerprint density at radius 3 is 2.43 bits per heavy atom. The van der Waals surface area contributed by atoms with Crippen LogP contribution in [-0.4, -0.2) is 27.6 Å². The first kappa shape index (κ1) is 14.2. The largest absolute Gasteiger partial charge is 0.355 e. The molecule has 4 nitrogen and oxygen atoms in total. The van der Waals surface area contributed by atoms with Gasteiger partial charge in [-0.2, -0.15) is 0 Å². The first-order valence-corrected chi connectivity index (χ1v) is 8.37. The molecule has 1 saturated heterocycles. The number of benzene rings is 1. The minimum Gasteiger partial charge on any atom is -0.355 e. The van der Waals surface area contributed by atoms with Crippen molar-refractivity contribution >= 4 is 16.9 Å². The number of hydrogen-bond donors (Lipinski definition) is 0. The number of fused-ring (bicyclic) bond motifs is 1. The van der Waals surface area contributed by atoms with Crippen molar-refractivity contribution < 1.29 is 0 Å². The molecule has 0 aliphatic carbocycles. The first-order chi connectivity index (χ1) is 11.3. The predicted molar refractivity (Wildman–Crippen MR) is 94.7 cm³/mol. The average Bonchev–Trinajstić information content (AvgIpc) is 2.88. The van der Waals surface area contributed by atoms with Gasteiger partial charge in [0.05, 0.1) is 11.2 Å². The van der Waals surface area contributed by atoms with Crippen molar-refractivity contribution in [2.45, 2.75) is 26.2 Å². The van der Waals surface area contributed by atoms with Crippen LogP contribution in [0.4, 0.5) is 5.82 Å². The molecule has 0 unspecified atom stereocenters. The van der Waals surface area contributed by atoms with E-state index >= 15 is 0 Å². The third kappa shape index (κ3) is 2.29. The highest BCUT2D eigenvalue weighted by Crippen LogP contribution is 2.35. The van der Waals surface area contributed by atoms with E-state index in [0.29, 0.717) is 0 Å². The molecule has 0 spiro atoms. The molecule has 0 atom stereocenters. The van der Waals surface area contributed by atoms with Crippen LogP contribution in [0, 0.1) is 6.92 Å². The van der Waals surface area contributed by atoms with Crippen LogP contribution >= 0.6 is 0 Å². The SMILES string of the molecule is Cc1c(-c2ccccc2)n(C)c2c(N3CCCCC3)ncnc12. The molecule has 1 aliphatic rings. The van der Waals surface area contributed by atoms with Crippen LogP contribution in [0.2, 0.25) is 0 Å². The number of rotatable bonds is 2. The molecule has 0 N–H and O–H groups in total. The van der Waals surface area contributed by atoms with Gasteiger partial charge < -0.3 is 9.47 Å². The van der Waals surface area contributed by atoms with E-state index in [9.17, 15) is 0 Å². The fourth-order valence-electron chi connectivity index (χ4n) is 3.77. The zero-order valence-electron chi connectivity index (χ0n) is 13.8. The molecule has 3 aromatic rings. The van der Waals surface area contributed by atoms with Gasteiger partial charge in [0.25, 0.3) is 0 Å². The molecule has 0 amide bonds. The van der Waals surface area contributed by atoms with E-state index in [1.807, 2.05) is 0 Å². The topological polar surface area (TPSA) is 34.0 Å². The van der Waals surface area contributed by atoms with Crippen molar-refractivity contribution in [3.05, 3.63) is 42.2 Å². The van der Waals surface area contributed by atoms with Crippen LogP contribution in [0.1, 0.15) is 24.8 Å². The van der Waals surface area contributed by atoms with Gasteiger partial charge >= 0.3 is 0 Å². The van der Waals surface area contributed by atoms with Gasteiger partial charge in [0, 0.05) is 25.7 Å². The summed E-state index contributed by atoms with van der Waals surface area (Å²) < 4.78 is 2.27. The maximum Gasteiger partial charge on any atom is 0.156 e. The molecule has 0 bridgehead atoms. The van der Waals surface area contributed by atoms with Gasteiger partial charge in [-0.1, -0.05) is 30.3 Å². The van der Waals surface area contributed by atoms with Gasteiger partial charge in [-0.15, -0.1) is 0 Å². The summed E-state index contributed by atoms with van der Waals surface area (Å²) in [6.07, 6.45) is 5.54. The second-order valence-electron chi connectivity index (χ2n) is 6.34. The van der Waals surface area contributed by atoms with Gasteiger partial charge in [-0.25, -0.2) is 9.97 Å². The maximum atomic E-state index is 4.63. The Labute approximate surface area is 136 Å². The number of hydrogen-bond acceptors (Lipinski definition) is 3. The maximum absolute atomic E-state index is 4.63. The minimum atomic E-state index is 1.07. The van der Waals surface area contributed by atoms with Crippen LogP contribution in [0.15, 0.2) is 36.7 Å². The van der Waals surface area contributed by atoms with Crippen molar-refractivity contribution in [3.63, 3.8) is 0 Å². The van der Waals surface area contributed by atoms with E-state index in [-0.39, 0.29) is 0 Å². The summed E-state index contributed by atoms with van der Waals surface area (Å²) in [6, 6.07) is 10.6. The second kappa shape index (κ2) is 5.69. The van der Waals surface area contributed by atoms with E-state index < -0.39 is 0 Å². The first-order valence-electron chi connectivity index (χ1n) is 8.37. The Morgan fingerprint density at radius 1 is 0.957 bits per heavy atom. The lowest BCUT2D eigenvalue weighted by molar-refractivity contribution is 0.574. The average molecular weight is 306 g/mol. The zero-order valence-corrected chi connectivity index (χ0v) is 13.8. The number of anilines is 1. The number of aromatic nitrogens is 3. The van der Waals surface area contributed by atoms with Crippen molar-refractivity contribution in [2.75, 3.05) is 18.0 Å².